The van der Waals surface area contributed by atoms with Crippen LogP contribution in [0.25, 0.3) is 10.9 Å². The van der Waals surface area contributed by atoms with Crippen molar-refractivity contribution in [3.8, 4) is 5.06 Å². The van der Waals surface area contributed by atoms with Crippen molar-refractivity contribution < 1.29 is 15.3 Å². The van der Waals surface area contributed by atoms with Gasteiger partial charge in [0.15, 0.2) is 5.06 Å². The molecule has 0 aliphatic carbocycles. The number of likely N-dealkylation sites (tertiary alicyclic amines) is 1. The number of para-hydroxylation sites is 1. The Morgan fingerprint density at radius 1 is 1.26 bits per heavy atom. The number of hydrogen-bond donors (Lipinski definition) is 2. The smallest absolute Gasteiger partial charge is 0.191 e. The Morgan fingerprint density at radius 3 is 2.65 bits per heavy atom. The van der Waals surface area contributed by atoms with Gasteiger partial charge in [0.05, 0.1) is 12.9 Å². The summed E-state index contributed by atoms with van der Waals surface area (Å²) in [5, 5.41) is 12.0. The molecular weight excluding hydrogens is 454 g/mol. The fourth-order valence-electron chi connectivity index (χ4n) is 5.15. The quantitative estimate of drug-likeness (QED) is 0.436. The third-order valence-electron chi connectivity index (χ3n) is 6.63. The molecule has 2 aliphatic rings. The number of aromatic hydroxyl groups is 1. The van der Waals surface area contributed by atoms with Gasteiger partial charge in [0.2, 0.25) is 0 Å². The summed E-state index contributed by atoms with van der Waals surface area (Å²) in [6.45, 7) is 8.87. The molecule has 8 heteroatoms. The number of rotatable bonds is 6. The third-order valence-corrected chi connectivity index (χ3v) is 7.48. The maximum atomic E-state index is 14.5. The van der Waals surface area contributed by atoms with Crippen molar-refractivity contribution in [2.24, 2.45) is 0 Å². The van der Waals surface area contributed by atoms with Gasteiger partial charge in [0, 0.05) is 37.2 Å². The lowest BCUT2D eigenvalue weighted by atomic mass is 9.91. The molecule has 1 saturated heterocycles. The summed E-state index contributed by atoms with van der Waals surface area (Å²) in [5.41, 5.74) is 2.12. The van der Waals surface area contributed by atoms with Crippen LogP contribution in [0.3, 0.4) is 0 Å². The molecule has 5 rings (SSSR count). The zero-order valence-corrected chi connectivity index (χ0v) is 21.2. The Labute approximate surface area is 206 Å². The van der Waals surface area contributed by atoms with Gasteiger partial charge < -0.3 is 15.0 Å². The molecule has 0 spiro atoms. The Balaban J connectivity index is 0.000000291. The predicted molar refractivity (Wildman–Crippen MR) is 137 cm³/mol. The minimum Gasteiger partial charge on any atom is -0.498 e. The van der Waals surface area contributed by atoms with Crippen molar-refractivity contribution >= 4 is 22.2 Å². The first-order chi connectivity index (χ1) is 16.3. The summed E-state index contributed by atoms with van der Waals surface area (Å²) in [4.78, 5) is 12.4. The van der Waals surface area contributed by atoms with Crippen LogP contribution < -0.4 is 0 Å². The third kappa shape index (κ3) is 5.78. The molecule has 0 saturated carbocycles. The summed E-state index contributed by atoms with van der Waals surface area (Å²) in [6, 6.07) is 8.26. The number of benzene rings is 1. The zero-order valence-electron chi connectivity index (χ0n) is 20.4. The van der Waals surface area contributed by atoms with Crippen molar-refractivity contribution in [2.45, 2.75) is 64.2 Å². The molecule has 2 aliphatic heterocycles. The molecule has 3 aromatic rings. The molecule has 1 fully saturated rings. The van der Waals surface area contributed by atoms with E-state index in [1.54, 1.807) is 13.8 Å². The molecule has 0 unspecified atom stereocenters. The fraction of sp³-hybridized carbons (Fsp3) is 0.577. The van der Waals surface area contributed by atoms with Crippen LogP contribution in [0, 0.1) is 0 Å². The van der Waals surface area contributed by atoms with Gasteiger partial charge in [-0.15, -0.1) is 0 Å². The second-order valence-electron chi connectivity index (χ2n) is 10.0. The topological polar surface area (TPSA) is 55.4 Å². The average molecular weight is 493 g/mol. The van der Waals surface area contributed by atoms with E-state index in [2.05, 4.69) is 38.8 Å². The molecule has 2 N–H and O–H groups in total. The Bertz CT molecular complexity index is 1080. The molecule has 2 atom stereocenters. The van der Waals surface area contributed by atoms with E-state index >= 15 is 0 Å². The summed E-state index contributed by atoms with van der Waals surface area (Å²) in [6.07, 6.45) is 5.68. The Kier molecular flexibility index (Phi) is 7.90. The van der Waals surface area contributed by atoms with Gasteiger partial charge in [0.1, 0.15) is 16.7 Å². The highest BCUT2D eigenvalue weighted by Crippen LogP contribution is 2.43. The summed E-state index contributed by atoms with van der Waals surface area (Å²) in [7, 11) is 0. The molecule has 34 heavy (non-hydrogen) atoms. The van der Waals surface area contributed by atoms with E-state index in [4.69, 9.17) is 0 Å². The number of aromatic amines is 1. The molecule has 4 heterocycles. The van der Waals surface area contributed by atoms with Crippen molar-refractivity contribution in [3.63, 3.8) is 0 Å². The van der Waals surface area contributed by atoms with Gasteiger partial charge in [-0.3, -0.25) is 9.29 Å². The van der Waals surface area contributed by atoms with E-state index in [1.165, 1.54) is 54.4 Å². The lowest BCUT2D eigenvalue weighted by Gasteiger charge is -2.41. The molecule has 0 amide bonds. The van der Waals surface area contributed by atoms with Gasteiger partial charge in [-0.2, -0.15) is 0 Å². The number of nitrogens with zero attached hydrogens (tertiary/aromatic N) is 3. The van der Waals surface area contributed by atoms with E-state index in [0.29, 0.717) is 6.54 Å². The van der Waals surface area contributed by atoms with Gasteiger partial charge in [-0.1, -0.05) is 29.5 Å². The molecule has 188 valence electrons. The predicted octanol–water partition coefficient (Wildman–Crippen LogP) is 6.10. The van der Waals surface area contributed by atoms with Crippen LogP contribution in [0.15, 0.2) is 30.5 Å². The van der Waals surface area contributed by atoms with Gasteiger partial charge in [-0.05, 0) is 71.2 Å². The van der Waals surface area contributed by atoms with E-state index in [9.17, 15) is 13.9 Å². The first-order valence-corrected chi connectivity index (χ1v) is 13.1. The summed E-state index contributed by atoms with van der Waals surface area (Å²) >= 11 is 1.26. The number of alkyl halides is 2. The number of H-pyrrole nitrogens is 1. The number of fused-ring (bicyclic) bond motifs is 3. The Hall–Kier alpha value is -2.03. The van der Waals surface area contributed by atoms with E-state index in [1.807, 2.05) is 12.1 Å². The number of nitrogens with one attached hydrogen (secondary N) is 1. The highest BCUT2D eigenvalue weighted by Gasteiger charge is 2.39. The van der Waals surface area contributed by atoms with E-state index < -0.39 is 5.67 Å². The SMILES string of the molecule is C[C@@H]1Cc2c([nH]c3ccccc23)[C@@H](c2ncc(O)s2)N1CC(C)(C)F.FCCCN1CCCC1.[HH]. The highest BCUT2D eigenvalue weighted by atomic mass is 32.1. The molecule has 5 nitrogen and oxygen atoms in total. The van der Waals surface area contributed by atoms with Crippen LogP contribution >= 0.6 is 11.3 Å². The zero-order chi connectivity index (χ0) is 24.3. The van der Waals surface area contributed by atoms with Crippen LogP contribution in [-0.2, 0) is 6.42 Å². The van der Waals surface area contributed by atoms with Crippen LogP contribution in [0.4, 0.5) is 8.78 Å². The monoisotopic (exact) mass is 492 g/mol. The van der Waals surface area contributed by atoms with Crippen molar-refractivity contribution in [3.05, 3.63) is 46.7 Å². The van der Waals surface area contributed by atoms with Crippen LogP contribution in [0.2, 0.25) is 0 Å². The number of thiazole rings is 1. The molecule has 0 bridgehead atoms. The van der Waals surface area contributed by atoms with Gasteiger partial charge in [-0.25, -0.2) is 9.37 Å². The van der Waals surface area contributed by atoms with Crippen LogP contribution in [0.1, 0.15) is 63.8 Å². The van der Waals surface area contributed by atoms with Crippen LogP contribution in [-0.4, -0.2) is 69.4 Å². The first kappa shape index (κ1) is 25.1. The summed E-state index contributed by atoms with van der Waals surface area (Å²) in [5.74, 6) is 0. The minimum atomic E-state index is -1.31. The lowest BCUT2D eigenvalue weighted by molar-refractivity contribution is 0.0667. The number of halogens is 2. The van der Waals surface area contributed by atoms with Crippen molar-refractivity contribution in [2.75, 3.05) is 32.9 Å². The second-order valence-corrected chi connectivity index (χ2v) is 11.1. The van der Waals surface area contributed by atoms with Crippen LogP contribution in [0.5, 0.6) is 5.06 Å². The van der Waals surface area contributed by atoms with E-state index in [-0.39, 0.29) is 25.2 Å². The Morgan fingerprint density at radius 2 is 2.00 bits per heavy atom. The maximum absolute atomic E-state index is 14.5. The molecular formula is C26H38F2N4OS. The average Bonchev–Trinajstić information content (AvgIpc) is 3.53. The maximum Gasteiger partial charge on any atom is 0.191 e. The largest absolute Gasteiger partial charge is 0.498 e. The molecule has 1 aromatic carbocycles. The van der Waals surface area contributed by atoms with Crippen molar-refractivity contribution in [1.29, 1.82) is 0 Å². The lowest BCUT2D eigenvalue weighted by Crippen LogP contribution is -2.47. The standard InChI is InChI=1S/C19H22FN3OS.C7H14FN.H2/c1-11-8-13-12-6-4-5-7-14(12)22-16(13)17(18-21-9-15(24)25-18)23(11)10-19(2,3)20;8-4-3-7-9-5-1-2-6-9;/h4-7,9,11,17,22,24H,8,10H2,1-3H3;1-7H2;1H/t11-,17+;;/m1../s1. The van der Waals surface area contributed by atoms with E-state index in [0.717, 1.165) is 35.6 Å². The summed E-state index contributed by atoms with van der Waals surface area (Å²) < 4.78 is 26.1. The number of aromatic nitrogens is 2. The molecule has 2 aromatic heterocycles. The highest BCUT2D eigenvalue weighted by molar-refractivity contribution is 7.13. The normalized spacial score (nSPS) is 21.4. The second kappa shape index (κ2) is 10.7. The molecule has 0 radical (unpaired) electrons. The van der Waals surface area contributed by atoms with Crippen molar-refractivity contribution in [1.82, 2.24) is 19.8 Å². The minimum absolute atomic E-state index is 0. The fourth-order valence-corrected chi connectivity index (χ4v) is 5.94. The van der Waals surface area contributed by atoms with Gasteiger partial charge in [0.25, 0.3) is 0 Å². The van der Waals surface area contributed by atoms with Gasteiger partial charge >= 0.3 is 0 Å². The number of hydrogen-bond acceptors (Lipinski definition) is 5. The first-order valence-electron chi connectivity index (χ1n) is 12.2.